The van der Waals surface area contributed by atoms with Gasteiger partial charge in [0.1, 0.15) is 7.14 Å². The van der Waals surface area contributed by atoms with E-state index in [1.165, 1.54) is 55.6 Å². The smallest absolute Gasteiger partial charge is 0.143 e. The zero-order valence-electron chi connectivity index (χ0n) is 23.9. The Morgan fingerprint density at radius 3 is 1.27 bits per heavy atom. The molecule has 0 bridgehead atoms. The fourth-order valence-electron chi connectivity index (χ4n) is 5.77. The molecule has 1 atom stereocenters. The molecule has 0 aromatic heterocycles. The highest BCUT2D eigenvalue weighted by atomic mass is 32.4. The summed E-state index contributed by atoms with van der Waals surface area (Å²) in [5.74, 6) is 0. The van der Waals surface area contributed by atoms with Crippen molar-refractivity contribution in [1.29, 1.82) is 0 Å². The quantitative estimate of drug-likeness (QED) is 0.0963. The normalized spacial score (nSPS) is 12.7. The van der Waals surface area contributed by atoms with Crippen molar-refractivity contribution < 1.29 is 4.57 Å². The highest BCUT2D eigenvalue weighted by molar-refractivity contribution is 8.22. The van der Waals surface area contributed by atoms with Gasteiger partial charge >= 0.3 is 0 Å². The second kappa shape index (κ2) is 15.7. The molecule has 1 unspecified atom stereocenters. The minimum atomic E-state index is -2.93. The van der Waals surface area contributed by atoms with Crippen molar-refractivity contribution in [3.8, 4) is 0 Å². The molecule has 4 aromatic rings. The van der Waals surface area contributed by atoms with Gasteiger partial charge in [-0.1, -0.05) is 191 Å². The van der Waals surface area contributed by atoms with E-state index < -0.39 is 13.2 Å². The monoisotopic (exact) mass is 586 g/mol. The second-order valence-corrected chi connectivity index (χ2v) is 18.5. The van der Waals surface area contributed by atoms with Crippen LogP contribution in [0.4, 0.5) is 0 Å². The van der Waals surface area contributed by atoms with E-state index in [2.05, 4.69) is 91.9 Å². The molecule has 0 heterocycles. The Bertz CT molecular complexity index is 1270. The molecule has 210 valence electrons. The van der Waals surface area contributed by atoms with Crippen molar-refractivity contribution >= 4 is 46.2 Å². The lowest BCUT2D eigenvalue weighted by Gasteiger charge is -2.35. The SMILES string of the molecule is CCCCCCCCCCC(CP(=O)(c1ccccc1)c1ccccc1)P(=S)(c1ccccc1)c1ccccc1. The maximum atomic E-state index is 15.3. The Morgan fingerprint density at radius 2 is 0.875 bits per heavy atom. The molecule has 0 saturated carbocycles. The zero-order valence-corrected chi connectivity index (χ0v) is 26.5. The fourth-order valence-corrected chi connectivity index (χ4v) is 14.7. The molecule has 0 aliphatic rings. The Kier molecular flexibility index (Phi) is 12.0. The average molecular weight is 587 g/mol. The number of rotatable bonds is 16. The van der Waals surface area contributed by atoms with E-state index >= 15 is 4.57 Å². The number of hydrogen-bond acceptors (Lipinski definition) is 2. The molecular weight excluding hydrogens is 542 g/mol. The lowest BCUT2D eigenvalue weighted by Crippen LogP contribution is -2.32. The molecule has 0 aliphatic carbocycles. The van der Waals surface area contributed by atoms with Gasteiger partial charge in [-0.05, 0) is 17.0 Å². The zero-order chi connectivity index (χ0) is 28.1. The van der Waals surface area contributed by atoms with Crippen LogP contribution in [0.2, 0.25) is 0 Å². The van der Waals surface area contributed by atoms with Crippen LogP contribution in [-0.2, 0) is 16.4 Å². The predicted octanol–water partition coefficient (Wildman–Crippen LogP) is 9.03. The maximum absolute atomic E-state index is 15.3. The highest BCUT2D eigenvalue weighted by Crippen LogP contribution is 2.57. The molecule has 0 fully saturated rings. The minimum absolute atomic E-state index is 0.138. The molecule has 4 rings (SSSR count). The molecule has 4 aromatic carbocycles. The summed E-state index contributed by atoms with van der Waals surface area (Å²) in [5.41, 5.74) is 0.138. The fraction of sp³-hybridized carbons (Fsp3) is 0.333. The van der Waals surface area contributed by atoms with Crippen LogP contribution in [0.5, 0.6) is 0 Å². The summed E-state index contributed by atoms with van der Waals surface area (Å²) in [5, 5.41) is 4.33. The Balaban J connectivity index is 1.72. The third-order valence-corrected chi connectivity index (χ3v) is 17.3. The van der Waals surface area contributed by atoms with Crippen molar-refractivity contribution in [2.75, 3.05) is 6.16 Å². The first-order valence-corrected chi connectivity index (χ1v) is 19.8. The van der Waals surface area contributed by atoms with Crippen LogP contribution < -0.4 is 21.2 Å². The average Bonchev–Trinajstić information content (AvgIpc) is 3.03. The highest BCUT2D eigenvalue weighted by Gasteiger charge is 2.38. The lowest BCUT2D eigenvalue weighted by atomic mass is 10.1. The lowest BCUT2D eigenvalue weighted by molar-refractivity contribution is 0.560. The van der Waals surface area contributed by atoms with Gasteiger partial charge in [0.2, 0.25) is 0 Å². The van der Waals surface area contributed by atoms with E-state index in [1.807, 2.05) is 36.4 Å². The van der Waals surface area contributed by atoms with Gasteiger partial charge in [-0.15, -0.1) is 0 Å². The standard InChI is InChI=1S/C36H44OP2S/c1-2-3-4-5-6-7-8-13-30-36(39(40,34-26-18-11-19-27-34)35-28-20-12-21-29-35)31-38(37,32-22-14-9-15-23-32)33-24-16-10-17-25-33/h9-12,14-29,36H,2-8,13,30-31H2,1H3. The van der Waals surface area contributed by atoms with Crippen LogP contribution >= 0.6 is 13.2 Å². The van der Waals surface area contributed by atoms with Gasteiger partial charge in [0.25, 0.3) is 0 Å². The molecule has 0 radical (unpaired) electrons. The molecule has 0 amide bonds. The van der Waals surface area contributed by atoms with E-state index in [1.54, 1.807) is 0 Å². The van der Waals surface area contributed by atoms with E-state index in [4.69, 9.17) is 11.8 Å². The number of hydrogen-bond donors (Lipinski definition) is 0. The van der Waals surface area contributed by atoms with E-state index in [-0.39, 0.29) is 5.66 Å². The van der Waals surface area contributed by atoms with E-state index in [0.29, 0.717) is 6.16 Å². The van der Waals surface area contributed by atoms with Gasteiger partial charge in [-0.3, -0.25) is 0 Å². The molecule has 0 aliphatic heterocycles. The van der Waals surface area contributed by atoms with Crippen LogP contribution in [0.25, 0.3) is 0 Å². The van der Waals surface area contributed by atoms with Crippen molar-refractivity contribution in [3.63, 3.8) is 0 Å². The molecule has 0 spiro atoms. The van der Waals surface area contributed by atoms with Crippen molar-refractivity contribution in [2.45, 2.75) is 70.4 Å². The minimum Gasteiger partial charge on any atom is -0.314 e. The molecule has 0 N–H and O–H groups in total. The van der Waals surface area contributed by atoms with Crippen molar-refractivity contribution in [2.24, 2.45) is 0 Å². The van der Waals surface area contributed by atoms with Gasteiger partial charge in [0.05, 0.1) is 0 Å². The van der Waals surface area contributed by atoms with E-state index in [0.717, 1.165) is 23.5 Å². The third kappa shape index (κ3) is 7.73. The summed E-state index contributed by atoms with van der Waals surface area (Å²) >= 11 is 6.86. The van der Waals surface area contributed by atoms with Gasteiger partial charge in [0.15, 0.2) is 0 Å². The molecule has 0 saturated heterocycles. The van der Waals surface area contributed by atoms with E-state index in [9.17, 15) is 0 Å². The summed E-state index contributed by atoms with van der Waals surface area (Å²) in [6.07, 6.45) is 11.8. The largest absolute Gasteiger partial charge is 0.314 e. The Morgan fingerprint density at radius 1 is 0.525 bits per heavy atom. The predicted molar refractivity (Wildman–Crippen MR) is 182 cm³/mol. The van der Waals surface area contributed by atoms with Crippen LogP contribution in [0.15, 0.2) is 121 Å². The van der Waals surface area contributed by atoms with Crippen LogP contribution in [0.3, 0.4) is 0 Å². The summed E-state index contributed by atoms with van der Waals surface area (Å²) in [6, 6.07) is 39.4. The van der Waals surface area contributed by atoms with Crippen molar-refractivity contribution in [1.82, 2.24) is 0 Å². The van der Waals surface area contributed by atoms with Gasteiger partial charge < -0.3 is 4.57 Å². The first-order valence-electron chi connectivity index (χ1n) is 15.0. The maximum Gasteiger partial charge on any atom is 0.143 e. The topological polar surface area (TPSA) is 17.1 Å². The third-order valence-electron chi connectivity index (χ3n) is 8.00. The second-order valence-electron chi connectivity index (χ2n) is 10.8. The summed E-state index contributed by atoms with van der Waals surface area (Å²) in [4.78, 5) is 0. The first-order chi connectivity index (χ1) is 19.6. The summed E-state index contributed by atoms with van der Waals surface area (Å²) in [7, 11) is -2.93. The van der Waals surface area contributed by atoms with Crippen molar-refractivity contribution in [3.05, 3.63) is 121 Å². The van der Waals surface area contributed by atoms with Crippen LogP contribution in [0, 0.1) is 0 Å². The number of benzene rings is 4. The van der Waals surface area contributed by atoms with Gasteiger partial charge in [0, 0.05) is 28.5 Å². The summed E-state index contributed by atoms with van der Waals surface area (Å²) in [6.45, 7) is 2.27. The number of unbranched alkanes of at least 4 members (excludes halogenated alkanes) is 7. The van der Waals surface area contributed by atoms with Crippen LogP contribution in [0.1, 0.15) is 64.7 Å². The first kappa shape index (κ1) is 30.7. The Labute approximate surface area is 247 Å². The summed E-state index contributed by atoms with van der Waals surface area (Å²) < 4.78 is 15.3. The molecule has 40 heavy (non-hydrogen) atoms. The molecule has 1 nitrogen and oxygen atoms in total. The van der Waals surface area contributed by atoms with Gasteiger partial charge in [-0.25, -0.2) is 0 Å². The van der Waals surface area contributed by atoms with Gasteiger partial charge in [-0.2, -0.15) is 0 Å². The molecule has 4 heteroatoms. The van der Waals surface area contributed by atoms with Crippen LogP contribution in [-0.4, -0.2) is 11.8 Å². The Hall–Kier alpha value is -2.24. The molecular formula is C36H44OP2S.